The van der Waals surface area contributed by atoms with Gasteiger partial charge in [0.05, 0.1) is 0 Å². The fourth-order valence-corrected chi connectivity index (χ4v) is 4.60. The molecule has 2 heterocycles. The Morgan fingerprint density at radius 3 is 2.44 bits per heavy atom. The van der Waals surface area contributed by atoms with E-state index in [2.05, 4.69) is 29.6 Å². The van der Waals surface area contributed by atoms with Crippen molar-refractivity contribution in [3.63, 3.8) is 0 Å². The van der Waals surface area contributed by atoms with Crippen molar-refractivity contribution >= 4 is 17.7 Å². The Labute approximate surface area is 189 Å². The lowest BCUT2D eigenvalue weighted by Crippen LogP contribution is -2.37. The molecule has 6 nitrogen and oxygen atoms in total. The van der Waals surface area contributed by atoms with Gasteiger partial charge in [0.1, 0.15) is 0 Å². The third-order valence-corrected chi connectivity index (χ3v) is 6.51. The van der Waals surface area contributed by atoms with Gasteiger partial charge < -0.3 is 15.1 Å². The van der Waals surface area contributed by atoms with Crippen LogP contribution < -0.4 is 5.32 Å². The molecule has 0 radical (unpaired) electrons. The molecule has 2 aromatic carbocycles. The van der Waals surface area contributed by atoms with E-state index in [0.29, 0.717) is 31.7 Å². The molecule has 1 unspecified atom stereocenters. The highest BCUT2D eigenvalue weighted by atomic mass is 16.2. The summed E-state index contributed by atoms with van der Waals surface area (Å²) in [6.45, 7) is 4.88. The summed E-state index contributed by atoms with van der Waals surface area (Å²) in [5, 5.41) is 2.95. The molecule has 2 aliphatic rings. The van der Waals surface area contributed by atoms with Crippen molar-refractivity contribution in [2.75, 3.05) is 32.7 Å². The molecule has 2 fully saturated rings. The van der Waals surface area contributed by atoms with E-state index in [-0.39, 0.29) is 23.6 Å². The lowest BCUT2D eigenvalue weighted by molar-refractivity contribution is -0.128. The highest BCUT2D eigenvalue weighted by Crippen LogP contribution is 2.24. The number of piperidine rings is 1. The Kier molecular flexibility index (Phi) is 6.88. The Balaban J connectivity index is 1.44. The quantitative estimate of drug-likeness (QED) is 0.806. The van der Waals surface area contributed by atoms with Crippen molar-refractivity contribution in [2.24, 2.45) is 5.92 Å². The second-order valence-electron chi connectivity index (χ2n) is 8.76. The molecular weight excluding hydrogens is 402 g/mol. The van der Waals surface area contributed by atoms with Gasteiger partial charge in [0.25, 0.3) is 5.91 Å². The second kappa shape index (κ2) is 9.98. The summed E-state index contributed by atoms with van der Waals surface area (Å²) in [4.78, 5) is 40.4. The summed E-state index contributed by atoms with van der Waals surface area (Å²) < 4.78 is 0. The van der Waals surface area contributed by atoms with E-state index in [4.69, 9.17) is 0 Å². The minimum absolute atomic E-state index is 0.0113. The van der Waals surface area contributed by atoms with Crippen LogP contribution in [-0.4, -0.2) is 60.2 Å². The van der Waals surface area contributed by atoms with Crippen LogP contribution in [0.3, 0.4) is 0 Å². The van der Waals surface area contributed by atoms with Gasteiger partial charge in [-0.25, -0.2) is 0 Å². The van der Waals surface area contributed by atoms with Gasteiger partial charge in [-0.3, -0.25) is 14.4 Å². The van der Waals surface area contributed by atoms with E-state index in [1.807, 2.05) is 34.1 Å². The maximum atomic E-state index is 13.1. The average Bonchev–Trinajstić information content (AvgIpc) is 3.07. The van der Waals surface area contributed by atoms with Gasteiger partial charge in [0.2, 0.25) is 11.8 Å². The summed E-state index contributed by atoms with van der Waals surface area (Å²) in [5.41, 5.74) is 3.87. The number of nitrogens with one attached hydrogen (secondary N) is 1. The molecule has 1 atom stereocenters. The van der Waals surface area contributed by atoms with Crippen LogP contribution in [0.15, 0.2) is 48.5 Å². The number of amides is 3. The average molecular weight is 434 g/mol. The van der Waals surface area contributed by atoms with E-state index in [1.165, 1.54) is 0 Å². The molecule has 4 rings (SSSR count). The predicted octanol–water partition coefficient (Wildman–Crippen LogP) is 3.12. The molecule has 2 aliphatic heterocycles. The summed E-state index contributed by atoms with van der Waals surface area (Å²) in [6, 6.07) is 16.0. The molecule has 168 valence electrons. The van der Waals surface area contributed by atoms with Crippen molar-refractivity contribution < 1.29 is 14.4 Å². The van der Waals surface area contributed by atoms with Gasteiger partial charge in [-0.2, -0.15) is 0 Å². The number of hydrogen-bond acceptors (Lipinski definition) is 3. The smallest absolute Gasteiger partial charge is 0.253 e. The SMILES string of the molecule is CC(=O)N1CCCN(C(=O)c2cccc(-c3ccc(CC4CCCNC4=O)cc3)c2)CC1. The topological polar surface area (TPSA) is 69.7 Å². The van der Waals surface area contributed by atoms with Crippen molar-refractivity contribution in [1.29, 1.82) is 0 Å². The van der Waals surface area contributed by atoms with E-state index in [1.54, 1.807) is 6.92 Å². The van der Waals surface area contributed by atoms with Crippen LogP contribution >= 0.6 is 0 Å². The Morgan fingerprint density at radius 2 is 1.69 bits per heavy atom. The zero-order chi connectivity index (χ0) is 22.5. The molecule has 0 saturated carbocycles. The summed E-state index contributed by atoms with van der Waals surface area (Å²) >= 11 is 0. The van der Waals surface area contributed by atoms with Crippen molar-refractivity contribution in [2.45, 2.75) is 32.6 Å². The monoisotopic (exact) mass is 433 g/mol. The zero-order valence-corrected chi connectivity index (χ0v) is 18.7. The molecular formula is C26H31N3O3. The van der Waals surface area contributed by atoms with Crippen LogP contribution in [0, 0.1) is 5.92 Å². The Morgan fingerprint density at radius 1 is 0.938 bits per heavy atom. The number of carbonyl (C=O) groups is 3. The number of hydrogen-bond donors (Lipinski definition) is 1. The van der Waals surface area contributed by atoms with E-state index in [9.17, 15) is 14.4 Å². The third-order valence-electron chi connectivity index (χ3n) is 6.51. The first-order chi connectivity index (χ1) is 15.5. The van der Waals surface area contributed by atoms with Crippen LogP contribution in [0.1, 0.15) is 42.1 Å². The number of nitrogens with zero attached hydrogens (tertiary/aromatic N) is 2. The fraction of sp³-hybridized carbons (Fsp3) is 0.423. The highest BCUT2D eigenvalue weighted by Gasteiger charge is 2.23. The van der Waals surface area contributed by atoms with Gasteiger partial charge in [-0.15, -0.1) is 0 Å². The van der Waals surface area contributed by atoms with Gasteiger partial charge in [-0.1, -0.05) is 36.4 Å². The summed E-state index contributed by atoms with van der Waals surface area (Å²) in [7, 11) is 0. The molecule has 0 bridgehead atoms. The van der Waals surface area contributed by atoms with Crippen LogP contribution in [-0.2, 0) is 16.0 Å². The zero-order valence-electron chi connectivity index (χ0n) is 18.7. The normalized spacial score (nSPS) is 19.3. The molecule has 3 amide bonds. The molecule has 1 N–H and O–H groups in total. The van der Waals surface area contributed by atoms with Crippen molar-refractivity contribution in [3.05, 3.63) is 59.7 Å². The highest BCUT2D eigenvalue weighted by molar-refractivity contribution is 5.95. The number of carbonyl (C=O) groups excluding carboxylic acids is 3. The minimum Gasteiger partial charge on any atom is -0.356 e. The third kappa shape index (κ3) is 5.18. The molecule has 0 aromatic heterocycles. The standard InChI is InChI=1S/C26H31N3O3/c1-19(30)28-13-4-14-29(16-15-28)26(32)24-6-2-5-22(18-24)21-10-8-20(9-11-21)17-23-7-3-12-27-25(23)31/h2,5-6,8-11,18,23H,3-4,7,12-17H2,1H3,(H,27,31). The minimum atomic E-state index is 0.0113. The van der Waals surface area contributed by atoms with Crippen LogP contribution in [0.4, 0.5) is 0 Å². The van der Waals surface area contributed by atoms with Crippen molar-refractivity contribution in [1.82, 2.24) is 15.1 Å². The molecule has 0 spiro atoms. The maximum Gasteiger partial charge on any atom is 0.253 e. The lowest BCUT2D eigenvalue weighted by Gasteiger charge is -2.22. The first kappa shape index (κ1) is 22.1. The van der Waals surface area contributed by atoms with Crippen LogP contribution in [0.2, 0.25) is 0 Å². The molecule has 0 aliphatic carbocycles. The van der Waals surface area contributed by atoms with Gasteiger partial charge >= 0.3 is 0 Å². The molecule has 32 heavy (non-hydrogen) atoms. The summed E-state index contributed by atoms with van der Waals surface area (Å²) in [5.74, 6) is 0.292. The van der Waals surface area contributed by atoms with Crippen LogP contribution in [0.25, 0.3) is 11.1 Å². The molecule has 6 heteroatoms. The fourth-order valence-electron chi connectivity index (χ4n) is 4.60. The molecule has 2 aromatic rings. The van der Waals surface area contributed by atoms with E-state index in [0.717, 1.165) is 48.9 Å². The largest absolute Gasteiger partial charge is 0.356 e. The Hall–Kier alpha value is -3.15. The summed E-state index contributed by atoms with van der Waals surface area (Å²) in [6.07, 6.45) is 3.54. The first-order valence-electron chi connectivity index (χ1n) is 11.5. The molecule has 2 saturated heterocycles. The number of rotatable bonds is 4. The maximum absolute atomic E-state index is 13.1. The van der Waals surface area contributed by atoms with Gasteiger partial charge in [0.15, 0.2) is 0 Å². The van der Waals surface area contributed by atoms with Gasteiger partial charge in [-0.05, 0) is 54.5 Å². The van der Waals surface area contributed by atoms with Gasteiger partial charge in [0, 0.05) is 51.1 Å². The Bertz CT molecular complexity index is 986. The lowest BCUT2D eigenvalue weighted by atomic mass is 9.91. The van der Waals surface area contributed by atoms with E-state index >= 15 is 0 Å². The van der Waals surface area contributed by atoms with Crippen LogP contribution in [0.5, 0.6) is 0 Å². The van der Waals surface area contributed by atoms with E-state index < -0.39 is 0 Å². The predicted molar refractivity (Wildman–Crippen MR) is 124 cm³/mol. The second-order valence-corrected chi connectivity index (χ2v) is 8.76. The first-order valence-corrected chi connectivity index (χ1v) is 11.5. The van der Waals surface area contributed by atoms with Crippen molar-refractivity contribution in [3.8, 4) is 11.1 Å². The number of benzene rings is 2.